The molecule has 14 heavy (non-hydrogen) atoms. The van der Waals surface area contributed by atoms with Gasteiger partial charge in [-0.1, -0.05) is 13.8 Å². The van der Waals surface area contributed by atoms with Gasteiger partial charge in [0.2, 0.25) is 5.91 Å². The molecular formula is C10H20N2O2. The van der Waals surface area contributed by atoms with Crippen LogP contribution < -0.4 is 10.6 Å². The summed E-state index contributed by atoms with van der Waals surface area (Å²) in [6.45, 7) is 6.09. The van der Waals surface area contributed by atoms with Crippen molar-refractivity contribution in [3.8, 4) is 0 Å². The van der Waals surface area contributed by atoms with Gasteiger partial charge in [0.15, 0.2) is 0 Å². The molecule has 4 heteroatoms. The third kappa shape index (κ3) is 2.96. The summed E-state index contributed by atoms with van der Waals surface area (Å²) in [5.74, 6) is 0.582. The van der Waals surface area contributed by atoms with Crippen LogP contribution in [-0.4, -0.2) is 36.8 Å². The van der Waals surface area contributed by atoms with E-state index in [9.17, 15) is 9.90 Å². The number of amides is 1. The van der Waals surface area contributed by atoms with Gasteiger partial charge in [0.05, 0.1) is 6.10 Å². The molecule has 1 amide bonds. The van der Waals surface area contributed by atoms with Crippen molar-refractivity contribution in [2.24, 2.45) is 11.8 Å². The third-order valence-electron chi connectivity index (χ3n) is 2.92. The van der Waals surface area contributed by atoms with E-state index in [0.717, 1.165) is 13.1 Å². The highest BCUT2D eigenvalue weighted by molar-refractivity contribution is 5.78. The second-order valence-corrected chi connectivity index (χ2v) is 4.01. The Morgan fingerprint density at radius 1 is 1.64 bits per heavy atom. The summed E-state index contributed by atoms with van der Waals surface area (Å²) in [4.78, 5) is 11.5. The van der Waals surface area contributed by atoms with E-state index in [1.165, 1.54) is 0 Å². The molecule has 3 N–H and O–H groups in total. The van der Waals surface area contributed by atoms with Gasteiger partial charge < -0.3 is 15.7 Å². The SMILES string of the molecule is CCC(O)CNC(=O)C(C)C1CNC1. The minimum absolute atomic E-state index is 0.0558. The van der Waals surface area contributed by atoms with Gasteiger partial charge in [0, 0.05) is 12.5 Å². The van der Waals surface area contributed by atoms with Crippen LogP contribution in [-0.2, 0) is 4.79 Å². The molecule has 0 bridgehead atoms. The summed E-state index contributed by atoms with van der Waals surface area (Å²) >= 11 is 0. The van der Waals surface area contributed by atoms with Gasteiger partial charge in [-0.25, -0.2) is 0 Å². The predicted molar refractivity (Wildman–Crippen MR) is 54.8 cm³/mol. The van der Waals surface area contributed by atoms with Crippen LogP contribution in [0.5, 0.6) is 0 Å². The van der Waals surface area contributed by atoms with Crippen LogP contribution in [0.3, 0.4) is 0 Å². The van der Waals surface area contributed by atoms with Gasteiger partial charge in [0.1, 0.15) is 0 Å². The lowest BCUT2D eigenvalue weighted by molar-refractivity contribution is -0.127. The molecule has 0 saturated carbocycles. The highest BCUT2D eigenvalue weighted by Gasteiger charge is 2.28. The fourth-order valence-electron chi connectivity index (χ4n) is 1.40. The minimum Gasteiger partial charge on any atom is -0.391 e. The summed E-state index contributed by atoms with van der Waals surface area (Å²) in [6.07, 6.45) is 0.269. The number of aliphatic hydroxyl groups excluding tert-OH is 1. The second-order valence-electron chi connectivity index (χ2n) is 4.01. The Kier molecular flexibility index (Phi) is 4.35. The average molecular weight is 200 g/mol. The zero-order valence-electron chi connectivity index (χ0n) is 8.92. The molecule has 0 spiro atoms. The van der Waals surface area contributed by atoms with Crippen molar-refractivity contribution in [3.05, 3.63) is 0 Å². The Labute approximate surface area is 85.1 Å². The third-order valence-corrected chi connectivity index (χ3v) is 2.92. The number of carbonyl (C=O) groups excluding carboxylic acids is 1. The van der Waals surface area contributed by atoms with E-state index < -0.39 is 6.10 Å². The number of carbonyl (C=O) groups is 1. The van der Waals surface area contributed by atoms with Crippen molar-refractivity contribution < 1.29 is 9.90 Å². The van der Waals surface area contributed by atoms with E-state index in [0.29, 0.717) is 18.9 Å². The van der Waals surface area contributed by atoms with Crippen LogP contribution in [0, 0.1) is 11.8 Å². The fourth-order valence-corrected chi connectivity index (χ4v) is 1.40. The molecule has 0 radical (unpaired) electrons. The first kappa shape index (κ1) is 11.5. The first-order valence-corrected chi connectivity index (χ1v) is 5.31. The average Bonchev–Trinajstić information content (AvgIpc) is 2.10. The molecule has 1 aliphatic rings. The van der Waals surface area contributed by atoms with Crippen molar-refractivity contribution in [1.82, 2.24) is 10.6 Å². The van der Waals surface area contributed by atoms with Crippen LogP contribution in [0.25, 0.3) is 0 Å². The molecular weight excluding hydrogens is 180 g/mol. The van der Waals surface area contributed by atoms with Gasteiger partial charge in [-0.3, -0.25) is 4.79 Å². The van der Waals surface area contributed by atoms with E-state index in [-0.39, 0.29) is 11.8 Å². The van der Waals surface area contributed by atoms with E-state index in [1.807, 2.05) is 13.8 Å². The van der Waals surface area contributed by atoms with Crippen LogP contribution >= 0.6 is 0 Å². The zero-order valence-corrected chi connectivity index (χ0v) is 8.92. The first-order valence-electron chi connectivity index (χ1n) is 5.31. The summed E-state index contributed by atoms with van der Waals surface area (Å²) in [6, 6.07) is 0. The highest BCUT2D eigenvalue weighted by atomic mass is 16.3. The maximum Gasteiger partial charge on any atom is 0.223 e. The quantitative estimate of drug-likeness (QED) is 0.572. The Morgan fingerprint density at radius 3 is 2.71 bits per heavy atom. The van der Waals surface area contributed by atoms with Crippen molar-refractivity contribution >= 4 is 5.91 Å². The van der Waals surface area contributed by atoms with E-state index >= 15 is 0 Å². The largest absolute Gasteiger partial charge is 0.391 e. The molecule has 2 unspecified atom stereocenters. The molecule has 1 fully saturated rings. The number of hydrogen-bond donors (Lipinski definition) is 3. The monoisotopic (exact) mass is 200 g/mol. The molecule has 0 aromatic heterocycles. The minimum atomic E-state index is -0.411. The molecule has 0 aromatic rings. The van der Waals surface area contributed by atoms with Crippen LogP contribution in [0.2, 0.25) is 0 Å². The Hall–Kier alpha value is -0.610. The summed E-state index contributed by atoms with van der Waals surface area (Å²) < 4.78 is 0. The summed E-state index contributed by atoms with van der Waals surface area (Å²) in [7, 11) is 0. The van der Waals surface area contributed by atoms with E-state index in [1.54, 1.807) is 0 Å². The molecule has 2 atom stereocenters. The number of rotatable bonds is 5. The van der Waals surface area contributed by atoms with Gasteiger partial charge >= 0.3 is 0 Å². The Balaban J connectivity index is 2.19. The smallest absolute Gasteiger partial charge is 0.223 e. The maximum atomic E-state index is 11.5. The molecule has 1 saturated heterocycles. The standard InChI is InChI=1S/C10H20N2O2/c1-3-9(13)6-12-10(14)7(2)8-4-11-5-8/h7-9,11,13H,3-6H2,1-2H3,(H,12,14). The van der Waals surface area contributed by atoms with Gasteiger partial charge in [-0.05, 0) is 25.4 Å². The lowest BCUT2D eigenvalue weighted by Crippen LogP contribution is -2.50. The van der Waals surface area contributed by atoms with Gasteiger partial charge in [-0.15, -0.1) is 0 Å². The van der Waals surface area contributed by atoms with Gasteiger partial charge in [-0.2, -0.15) is 0 Å². The van der Waals surface area contributed by atoms with Gasteiger partial charge in [0.25, 0.3) is 0 Å². The lowest BCUT2D eigenvalue weighted by atomic mass is 9.88. The molecule has 0 aliphatic carbocycles. The van der Waals surface area contributed by atoms with Crippen molar-refractivity contribution in [1.29, 1.82) is 0 Å². The molecule has 4 nitrogen and oxygen atoms in total. The van der Waals surface area contributed by atoms with Crippen molar-refractivity contribution in [2.75, 3.05) is 19.6 Å². The number of aliphatic hydroxyl groups is 1. The Morgan fingerprint density at radius 2 is 2.29 bits per heavy atom. The van der Waals surface area contributed by atoms with E-state index in [4.69, 9.17) is 0 Å². The fraction of sp³-hybridized carbons (Fsp3) is 0.900. The topological polar surface area (TPSA) is 61.4 Å². The zero-order chi connectivity index (χ0) is 10.6. The van der Waals surface area contributed by atoms with E-state index in [2.05, 4.69) is 10.6 Å². The second kappa shape index (κ2) is 5.32. The lowest BCUT2D eigenvalue weighted by Gasteiger charge is -2.31. The van der Waals surface area contributed by atoms with Crippen LogP contribution in [0.4, 0.5) is 0 Å². The Bertz CT molecular complexity index is 193. The summed E-state index contributed by atoms with van der Waals surface area (Å²) in [5.41, 5.74) is 0. The number of nitrogens with one attached hydrogen (secondary N) is 2. The number of hydrogen-bond acceptors (Lipinski definition) is 3. The molecule has 1 heterocycles. The van der Waals surface area contributed by atoms with Crippen molar-refractivity contribution in [3.63, 3.8) is 0 Å². The predicted octanol–water partition coefficient (Wildman–Crippen LogP) is -0.271. The molecule has 82 valence electrons. The van der Waals surface area contributed by atoms with Crippen LogP contribution in [0.1, 0.15) is 20.3 Å². The summed E-state index contributed by atoms with van der Waals surface area (Å²) in [5, 5.41) is 15.2. The molecule has 1 aliphatic heterocycles. The first-order chi connectivity index (χ1) is 6.65. The molecule has 1 rings (SSSR count). The maximum absolute atomic E-state index is 11.5. The highest BCUT2D eigenvalue weighted by Crippen LogP contribution is 2.15. The molecule has 0 aromatic carbocycles. The van der Waals surface area contributed by atoms with Crippen LogP contribution in [0.15, 0.2) is 0 Å². The normalized spacial score (nSPS) is 21.1. The van der Waals surface area contributed by atoms with Crippen molar-refractivity contribution in [2.45, 2.75) is 26.4 Å².